The fraction of sp³-hybridized carbons (Fsp3) is 0.263. The number of nitriles is 1. The van der Waals surface area contributed by atoms with E-state index in [0.717, 1.165) is 23.5 Å². The maximum atomic E-state index is 14.2. The Morgan fingerprint density at radius 3 is 2.46 bits per heavy atom. The molecule has 5 nitrogen and oxygen atoms in total. The van der Waals surface area contributed by atoms with E-state index in [2.05, 4.69) is 9.88 Å². The highest BCUT2D eigenvalue weighted by molar-refractivity contribution is 5.53. The van der Waals surface area contributed by atoms with Gasteiger partial charge in [0, 0.05) is 45.1 Å². The highest BCUT2D eigenvalue weighted by Gasteiger charge is 2.23. The Labute approximate surface area is 149 Å². The lowest BCUT2D eigenvalue weighted by Crippen LogP contribution is -2.46. The van der Waals surface area contributed by atoms with Crippen molar-refractivity contribution >= 4 is 11.3 Å². The molecule has 0 N–H and O–H groups in total. The van der Waals surface area contributed by atoms with E-state index < -0.39 is 11.6 Å². The average molecular weight is 353 g/mol. The summed E-state index contributed by atoms with van der Waals surface area (Å²) in [6, 6.07) is 9.80. The first-order valence-electron chi connectivity index (χ1n) is 8.43. The first-order chi connectivity index (χ1) is 12.6. The number of aromatic nitrogens is 2. The van der Waals surface area contributed by atoms with E-state index in [-0.39, 0.29) is 11.3 Å². The van der Waals surface area contributed by atoms with Gasteiger partial charge >= 0.3 is 0 Å². The molecule has 1 aromatic carbocycles. The lowest BCUT2D eigenvalue weighted by molar-refractivity contribution is 0.246. The minimum Gasteiger partial charge on any atom is -0.364 e. The second-order valence-corrected chi connectivity index (χ2v) is 6.36. The van der Waals surface area contributed by atoms with Crippen molar-refractivity contribution in [3.8, 4) is 6.07 Å². The van der Waals surface area contributed by atoms with Crippen LogP contribution in [-0.2, 0) is 6.54 Å². The fourth-order valence-electron chi connectivity index (χ4n) is 3.35. The second kappa shape index (κ2) is 6.73. The molecule has 0 atom stereocenters. The van der Waals surface area contributed by atoms with E-state index in [1.807, 2.05) is 35.0 Å². The molecule has 0 aliphatic carbocycles. The van der Waals surface area contributed by atoms with Crippen molar-refractivity contribution in [3.05, 3.63) is 65.6 Å². The summed E-state index contributed by atoms with van der Waals surface area (Å²) in [5.74, 6) is -1.37. The van der Waals surface area contributed by atoms with Crippen LogP contribution in [0.25, 0.3) is 5.65 Å². The molecular formula is C19H17F2N5. The van der Waals surface area contributed by atoms with E-state index in [1.54, 1.807) is 11.0 Å². The van der Waals surface area contributed by atoms with Gasteiger partial charge in [0.2, 0.25) is 0 Å². The van der Waals surface area contributed by atoms with Gasteiger partial charge in [-0.1, -0.05) is 6.07 Å². The van der Waals surface area contributed by atoms with E-state index in [1.165, 1.54) is 0 Å². The number of piperazine rings is 1. The summed E-state index contributed by atoms with van der Waals surface area (Å²) in [5, 5.41) is 8.80. The van der Waals surface area contributed by atoms with Crippen molar-refractivity contribution < 1.29 is 8.78 Å². The minimum absolute atomic E-state index is 0.00534. The number of fused-ring (bicyclic) bond motifs is 1. The maximum absolute atomic E-state index is 14.2. The van der Waals surface area contributed by atoms with Crippen molar-refractivity contribution in [2.24, 2.45) is 0 Å². The number of rotatable bonds is 3. The Bertz CT molecular complexity index is 927. The molecule has 1 saturated heterocycles. The van der Waals surface area contributed by atoms with Crippen molar-refractivity contribution in [3.63, 3.8) is 0 Å². The molecular weight excluding hydrogens is 336 g/mol. The number of benzene rings is 1. The molecule has 4 rings (SSSR count). The van der Waals surface area contributed by atoms with Crippen molar-refractivity contribution in [2.45, 2.75) is 6.54 Å². The largest absolute Gasteiger partial charge is 0.364 e. The van der Waals surface area contributed by atoms with E-state index in [4.69, 9.17) is 5.26 Å². The topological polar surface area (TPSA) is 47.6 Å². The third-order valence-corrected chi connectivity index (χ3v) is 4.63. The highest BCUT2D eigenvalue weighted by atomic mass is 19.1. The number of hydrogen-bond acceptors (Lipinski definition) is 4. The van der Waals surface area contributed by atoms with Gasteiger partial charge in [0.05, 0.1) is 17.3 Å². The van der Waals surface area contributed by atoms with Gasteiger partial charge in [-0.2, -0.15) is 5.26 Å². The molecule has 0 radical (unpaired) electrons. The predicted octanol–water partition coefficient (Wildman–Crippen LogP) is 2.81. The zero-order chi connectivity index (χ0) is 18.1. The average Bonchev–Trinajstić information content (AvgIpc) is 3.04. The van der Waals surface area contributed by atoms with Gasteiger partial charge in [-0.15, -0.1) is 0 Å². The van der Waals surface area contributed by atoms with Crippen LogP contribution in [0.2, 0.25) is 0 Å². The molecule has 0 saturated carbocycles. The lowest BCUT2D eigenvalue weighted by Gasteiger charge is -2.36. The number of imidazole rings is 1. The SMILES string of the molecule is N#Cc1cc(F)c(N2CCN(Cc3cn4ccccc4n3)CC2)c(F)c1. The normalized spacial score (nSPS) is 15.3. The second-order valence-electron chi connectivity index (χ2n) is 6.36. The molecule has 26 heavy (non-hydrogen) atoms. The van der Waals surface area contributed by atoms with Gasteiger partial charge < -0.3 is 9.30 Å². The van der Waals surface area contributed by atoms with Crippen LogP contribution in [0, 0.1) is 23.0 Å². The Morgan fingerprint density at radius 2 is 1.81 bits per heavy atom. The molecule has 1 aliphatic rings. The van der Waals surface area contributed by atoms with Crippen molar-refractivity contribution in [1.82, 2.24) is 14.3 Å². The summed E-state index contributed by atoms with van der Waals surface area (Å²) in [4.78, 5) is 8.51. The molecule has 0 unspecified atom stereocenters. The summed E-state index contributed by atoms with van der Waals surface area (Å²) in [5.41, 5.74) is 1.83. The van der Waals surface area contributed by atoms with Gasteiger partial charge in [0.25, 0.3) is 0 Å². The molecule has 0 amide bonds. The Hall–Kier alpha value is -2.98. The van der Waals surface area contributed by atoms with Crippen LogP contribution < -0.4 is 4.90 Å². The zero-order valence-electron chi connectivity index (χ0n) is 14.1. The molecule has 1 aliphatic heterocycles. The molecule has 132 valence electrons. The summed E-state index contributed by atoms with van der Waals surface area (Å²) in [6.07, 6.45) is 3.96. The van der Waals surface area contributed by atoms with Crippen LogP contribution in [0.1, 0.15) is 11.3 Å². The van der Waals surface area contributed by atoms with Crippen LogP contribution >= 0.6 is 0 Å². The lowest BCUT2D eigenvalue weighted by atomic mass is 10.1. The van der Waals surface area contributed by atoms with Crippen LogP contribution in [0.15, 0.2) is 42.7 Å². The van der Waals surface area contributed by atoms with Crippen molar-refractivity contribution in [1.29, 1.82) is 5.26 Å². The smallest absolute Gasteiger partial charge is 0.150 e. The van der Waals surface area contributed by atoms with E-state index in [0.29, 0.717) is 32.7 Å². The van der Waals surface area contributed by atoms with Crippen LogP contribution in [0.4, 0.5) is 14.5 Å². The van der Waals surface area contributed by atoms with Gasteiger partial charge in [0.1, 0.15) is 11.3 Å². The zero-order valence-corrected chi connectivity index (χ0v) is 14.1. The highest BCUT2D eigenvalue weighted by Crippen LogP contribution is 2.26. The van der Waals surface area contributed by atoms with Gasteiger partial charge in [-0.05, 0) is 24.3 Å². The Morgan fingerprint density at radius 1 is 1.08 bits per heavy atom. The first kappa shape index (κ1) is 16.5. The van der Waals surface area contributed by atoms with Gasteiger partial charge in [0.15, 0.2) is 11.6 Å². The van der Waals surface area contributed by atoms with Crippen LogP contribution in [0.3, 0.4) is 0 Å². The molecule has 1 fully saturated rings. The third-order valence-electron chi connectivity index (χ3n) is 4.63. The predicted molar refractivity (Wildman–Crippen MR) is 93.8 cm³/mol. The molecule has 7 heteroatoms. The standard InChI is InChI=1S/C19H17F2N5/c20-16-9-14(11-22)10-17(21)19(16)25-7-5-24(6-8-25)12-15-13-26-4-2-1-3-18(26)23-15/h1-4,9-10,13H,5-8,12H2. The number of anilines is 1. The summed E-state index contributed by atoms with van der Waals surface area (Å²) in [6.45, 7) is 3.12. The van der Waals surface area contributed by atoms with E-state index in [9.17, 15) is 8.78 Å². The summed E-state index contributed by atoms with van der Waals surface area (Å²) in [7, 11) is 0. The first-order valence-corrected chi connectivity index (χ1v) is 8.43. The van der Waals surface area contributed by atoms with Crippen LogP contribution in [0.5, 0.6) is 0 Å². The fourth-order valence-corrected chi connectivity index (χ4v) is 3.35. The Kier molecular flexibility index (Phi) is 4.27. The van der Waals surface area contributed by atoms with Crippen LogP contribution in [-0.4, -0.2) is 40.5 Å². The number of halogens is 2. The molecule has 0 bridgehead atoms. The molecule has 3 heterocycles. The minimum atomic E-state index is -0.685. The van der Waals surface area contributed by atoms with Gasteiger partial charge in [-0.3, -0.25) is 4.90 Å². The summed E-state index contributed by atoms with van der Waals surface area (Å²) >= 11 is 0. The number of pyridine rings is 1. The third kappa shape index (κ3) is 3.11. The Balaban J connectivity index is 1.43. The monoisotopic (exact) mass is 353 g/mol. The van der Waals surface area contributed by atoms with Crippen molar-refractivity contribution in [2.75, 3.05) is 31.1 Å². The van der Waals surface area contributed by atoms with E-state index >= 15 is 0 Å². The number of nitrogens with zero attached hydrogens (tertiary/aromatic N) is 5. The quantitative estimate of drug-likeness (QED) is 0.726. The number of hydrogen-bond donors (Lipinski definition) is 0. The maximum Gasteiger partial charge on any atom is 0.150 e. The van der Waals surface area contributed by atoms with Gasteiger partial charge in [-0.25, -0.2) is 13.8 Å². The summed E-state index contributed by atoms with van der Waals surface area (Å²) < 4.78 is 30.4. The molecule has 0 spiro atoms. The molecule has 3 aromatic rings. The molecule has 2 aromatic heterocycles.